The van der Waals surface area contributed by atoms with Crippen molar-refractivity contribution in [3.8, 4) is 39.6 Å². The van der Waals surface area contributed by atoms with E-state index in [1.54, 1.807) is 0 Å². The molecule has 71 heavy (non-hydrogen) atoms. The molecule has 1 atom stereocenters. The molecule has 0 fully saturated rings. The number of aromatic nitrogens is 5. The maximum atomic E-state index is 5.24. The summed E-state index contributed by atoms with van der Waals surface area (Å²) in [6, 6.07) is 80.1. The van der Waals surface area contributed by atoms with Gasteiger partial charge in [0.25, 0.3) is 0 Å². The van der Waals surface area contributed by atoms with E-state index in [1.807, 2.05) is 13.8 Å². The van der Waals surface area contributed by atoms with Gasteiger partial charge in [0.15, 0.2) is 0 Å². The minimum Gasteiger partial charge on any atom is -0.310 e. The van der Waals surface area contributed by atoms with Gasteiger partial charge in [-0.05, 0) is 120 Å². The lowest BCUT2D eigenvalue weighted by atomic mass is 9.91. The van der Waals surface area contributed by atoms with Crippen LogP contribution in [-0.2, 0) is 0 Å². The van der Waals surface area contributed by atoms with E-state index in [9.17, 15) is 0 Å². The van der Waals surface area contributed by atoms with E-state index >= 15 is 0 Å². The van der Waals surface area contributed by atoms with Gasteiger partial charge >= 0.3 is 0 Å². The molecule has 3 aromatic heterocycles. The van der Waals surface area contributed by atoms with Crippen molar-refractivity contribution in [3.05, 3.63) is 266 Å². The normalized spacial score (nSPS) is 14.0. The lowest BCUT2D eigenvalue weighted by molar-refractivity contribution is 0.998. The highest BCUT2D eigenvalue weighted by molar-refractivity contribution is 6.10. The summed E-state index contributed by atoms with van der Waals surface area (Å²) in [7, 11) is 0. The fourth-order valence-electron chi connectivity index (χ4n) is 10.7. The van der Waals surface area contributed by atoms with E-state index in [-0.39, 0.29) is 5.92 Å². The van der Waals surface area contributed by atoms with Crippen LogP contribution in [0.1, 0.15) is 31.2 Å². The number of fused-ring (bicyclic) bond motifs is 8. The highest BCUT2D eigenvalue weighted by Crippen LogP contribution is 2.45. The Bertz CT molecular complexity index is 4060. The summed E-state index contributed by atoms with van der Waals surface area (Å²) in [5.41, 5.74) is 18.8. The first kappa shape index (κ1) is 41.9. The van der Waals surface area contributed by atoms with Crippen molar-refractivity contribution >= 4 is 60.8 Å². The van der Waals surface area contributed by atoms with Gasteiger partial charge in [-0.1, -0.05) is 159 Å². The third kappa shape index (κ3) is 7.02. The summed E-state index contributed by atoms with van der Waals surface area (Å²) in [5, 5.41) is 2.43. The molecule has 6 nitrogen and oxygen atoms in total. The Labute approximate surface area is 412 Å². The minimum absolute atomic E-state index is 0.132. The Balaban J connectivity index is 0.00000243. The second-order valence-electron chi connectivity index (χ2n) is 17.8. The Hall–Kier alpha value is -9.26. The molecule has 4 heterocycles. The first-order valence-electron chi connectivity index (χ1n) is 24.5. The van der Waals surface area contributed by atoms with Crippen LogP contribution in [0.4, 0.5) is 11.4 Å². The number of nitrogens with zero attached hydrogens (tertiary/aromatic N) is 6. The Kier molecular flexibility index (Phi) is 10.2. The highest BCUT2D eigenvalue weighted by atomic mass is 15.2. The lowest BCUT2D eigenvalue weighted by Gasteiger charge is -2.34. The quantitative estimate of drug-likeness (QED) is 0.160. The maximum Gasteiger partial charge on any atom is 0.145 e. The molecule has 0 saturated carbocycles. The first-order chi connectivity index (χ1) is 35.2. The van der Waals surface area contributed by atoms with Crippen molar-refractivity contribution in [1.82, 2.24) is 23.7 Å². The number of hydrogen-bond acceptors (Lipinski definition) is 3. The zero-order valence-electron chi connectivity index (χ0n) is 39.4. The van der Waals surface area contributed by atoms with Gasteiger partial charge in [0.2, 0.25) is 0 Å². The van der Waals surface area contributed by atoms with Crippen LogP contribution in [0, 0.1) is 0 Å². The van der Waals surface area contributed by atoms with Crippen LogP contribution in [0.2, 0.25) is 0 Å². The van der Waals surface area contributed by atoms with Crippen molar-refractivity contribution in [1.29, 1.82) is 0 Å². The second kappa shape index (κ2) is 17.4. The van der Waals surface area contributed by atoms with E-state index in [1.165, 1.54) is 27.5 Å². The molecule has 6 heteroatoms. The van der Waals surface area contributed by atoms with Gasteiger partial charge in [-0.15, -0.1) is 0 Å². The summed E-state index contributed by atoms with van der Waals surface area (Å²) in [6.07, 6.45) is 9.25. The van der Waals surface area contributed by atoms with Crippen LogP contribution in [0.3, 0.4) is 0 Å². The predicted molar refractivity (Wildman–Crippen MR) is 295 cm³/mol. The standard InChI is InChI=1S/C63H42N6.C2H6/c1-3-15-47(16-4-1)68-59-25-13-9-21-55(59)64-62(68)45-28-27-44-39-51(40-45)66(57-23-11-7-19-52(44)57)49-34-29-42(30-35-49)43-31-36-50(37-32-43)67-58-24-12-8-20-53(58)54-38-33-46(41-61(54)67)63-65-56-22-10-14-26-60(56)69(63)48-17-5-2-6-18-48;1-2/h1-41,44H;1-2H3. The second-order valence-corrected chi connectivity index (χ2v) is 17.8. The predicted octanol–water partition coefficient (Wildman–Crippen LogP) is 16.6. The molecule has 0 amide bonds. The summed E-state index contributed by atoms with van der Waals surface area (Å²) >= 11 is 0. The van der Waals surface area contributed by atoms with Crippen molar-refractivity contribution in [2.75, 3.05) is 4.90 Å². The monoisotopic (exact) mass is 912 g/mol. The van der Waals surface area contributed by atoms with Crippen LogP contribution < -0.4 is 4.90 Å². The van der Waals surface area contributed by atoms with E-state index in [0.29, 0.717) is 0 Å². The molecule has 0 radical (unpaired) electrons. The SMILES string of the molecule is C1=CC2C=C(C=C1c1nc3ccccc3n1-c1ccccc1)N(c1ccc(-c3ccc(-n4c5ccccc5c5ccc(-c6nc7ccccc7n6-c6ccccc6)cc54)cc3)cc1)c1ccccc12.CC. The lowest BCUT2D eigenvalue weighted by Crippen LogP contribution is -2.21. The summed E-state index contributed by atoms with van der Waals surface area (Å²) in [6.45, 7) is 4.00. The highest BCUT2D eigenvalue weighted by Gasteiger charge is 2.28. The fraction of sp³-hybridized carbons (Fsp3) is 0.0462. The molecule has 0 N–H and O–H groups in total. The molecule has 12 aromatic rings. The summed E-state index contributed by atoms with van der Waals surface area (Å²) in [5.74, 6) is 1.97. The Morgan fingerprint density at radius 3 is 1.58 bits per heavy atom. The Morgan fingerprint density at radius 1 is 0.394 bits per heavy atom. The van der Waals surface area contributed by atoms with E-state index in [0.717, 1.165) is 89.9 Å². The van der Waals surface area contributed by atoms with Crippen LogP contribution >= 0.6 is 0 Å². The first-order valence-corrected chi connectivity index (χ1v) is 24.5. The van der Waals surface area contributed by atoms with Crippen LogP contribution in [-0.4, -0.2) is 23.7 Å². The molecule has 0 saturated heterocycles. The van der Waals surface area contributed by atoms with Crippen LogP contribution in [0.25, 0.3) is 89.0 Å². The maximum absolute atomic E-state index is 5.24. The average molecular weight is 913 g/mol. The molecule has 2 aliphatic rings. The zero-order chi connectivity index (χ0) is 47.4. The van der Waals surface area contributed by atoms with Crippen molar-refractivity contribution in [2.45, 2.75) is 19.8 Å². The molecule has 1 aliphatic carbocycles. The van der Waals surface area contributed by atoms with Gasteiger partial charge in [0.05, 0.1) is 38.8 Å². The number of hydrogen-bond donors (Lipinski definition) is 0. The van der Waals surface area contributed by atoms with E-state index in [2.05, 4.69) is 267 Å². The van der Waals surface area contributed by atoms with Gasteiger partial charge in [0, 0.05) is 56.3 Å². The number of imidazole rings is 2. The van der Waals surface area contributed by atoms with Crippen molar-refractivity contribution in [2.24, 2.45) is 0 Å². The zero-order valence-corrected chi connectivity index (χ0v) is 39.4. The van der Waals surface area contributed by atoms with E-state index < -0.39 is 0 Å². The molecule has 1 unspecified atom stereocenters. The third-order valence-corrected chi connectivity index (χ3v) is 13.9. The molecule has 338 valence electrons. The number of allylic oxidation sites excluding steroid dienone is 5. The minimum atomic E-state index is 0.132. The summed E-state index contributed by atoms with van der Waals surface area (Å²) < 4.78 is 6.94. The van der Waals surface area contributed by atoms with E-state index in [4.69, 9.17) is 9.97 Å². The molecular weight excluding hydrogens is 865 g/mol. The molecule has 2 bridgehead atoms. The summed E-state index contributed by atoms with van der Waals surface area (Å²) in [4.78, 5) is 12.8. The fourth-order valence-corrected chi connectivity index (χ4v) is 10.7. The molecule has 14 rings (SSSR count). The topological polar surface area (TPSA) is 43.8 Å². The molecule has 9 aromatic carbocycles. The van der Waals surface area contributed by atoms with Crippen LogP contribution in [0.15, 0.2) is 254 Å². The van der Waals surface area contributed by atoms with Crippen molar-refractivity contribution < 1.29 is 0 Å². The number of rotatable bonds is 7. The van der Waals surface area contributed by atoms with Gasteiger partial charge in [-0.25, -0.2) is 9.97 Å². The number of para-hydroxylation sites is 8. The van der Waals surface area contributed by atoms with Gasteiger partial charge in [-0.3, -0.25) is 9.13 Å². The number of benzene rings is 9. The molecular formula is C65H48N6. The third-order valence-electron chi connectivity index (χ3n) is 13.9. The van der Waals surface area contributed by atoms with Crippen LogP contribution in [0.5, 0.6) is 0 Å². The van der Waals surface area contributed by atoms with Gasteiger partial charge in [-0.2, -0.15) is 0 Å². The Morgan fingerprint density at radius 2 is 0.901 bits per heavy atom. The average Bonchev–Trinajstić information content (AvgIpc) is 4.09. The molecule has 0 spiro atoms. The van der Waals surface area contributed by atoms with Gasteiger partial charge < -0.3 is 9.47 Å². The van der Waals surface area contributed by atoms with Crippen molar-refractivity contribution in [3.63, 3.8) is 0 Å². The largest absolute Gasteiger partial charge is 0.310 e. The number of anilines is 2. The van der Waals surface area contributed by atoms with Gasteiger partial charge in [0.1, 0.15) is 11.6 Å². The smallest absolute Gasteiger partial charge is 0.145 e. The molecule has 1 aliphatic heterocycles.